The Labute approximate surface area is 229 Å². The molecule has 0 fully saturated rings. The van der Waals surface area contributed by atoms with Crippen LogP contribution in [0.15, 0.2) is 43.0 Å². The molecule has 1 aromatic rings. The van der Waals surface area contributed by atoms with Gasteiger partial charge in [0, 0.05) is 30.1 Å². The van der Waals surface area contributed by atoms with Crippen molar-refractivity contribution in [1.82, 2.24) is 5.32 Å². The minimum Gasteiger partial charge on any atom is -0.464 e. The lowest BCUT2D eigenvalue weighted by Gasteiger charge is -2.42. The first-order chi connectivity index (χ1) is 18.0. The summed E-state index contributed by atoms with van der Waals surface area (Å²) in [6, 6.07) is 8.62. The molecule has 3 atom stereocenters. The van der Waals surface area contributed by atoms with Crippen LogP contribution in [0.5, 0.6) is 0 Å². The molecule has 0 saturated heterocycles. The number of ether oxygens (including phenoxy) is 1. The third kappa shape index (κ3) is 12.1. The molecule has 0 aliphatic rings. The molecule has 4 N–H and O–H groups in total. The fourth-order valence-electron chi connectivity index (χ4n) is 4.61. The zero-order valence-corrected chi connectivity index (χ0v) is 24.0. The number of rotatable bonds is 20. The Morgan fingerprint density at radius 2 is 1.61 bits per heavy atom. The van der Waals surface area contributed by atoms with Crippen LogP contribution in [0, 0.1) is 10.8 Å². The summed E-state index contributed by atoms with van der Waals surface area (Å²) >= 11 is 0. The summed E-state index contributed by atoms with van der Waals surface area (Å²) in [6.45, 7) is 10.4. The number of hydrogen-bond acceptors (Lipinski definition) is 6. The van der Waals surface area contributed by atoms with Crippen molar-refractivity contribution in [2.45, 2.75) is 110 Å². The minimum atomic E-state index is -0.969. The van der Waals surface area contributed by atoms with Gasteiger partial charge >= 0.3 is 5.97 Å². The van der Waals surface area contributed by atoms with Crippen LogP contribution >= 0.6 is 0 Å². The molecular formula is C31H51NO6. The summed E-state index contributed by atoms with van der Waals surface area (Å²) in [5, 5.41) is 33.9. The Balaban J connectivity index is 2.62. The second kappa shape index (κ2) is 17.4. The Hall–Kier alpha value is -2.22. The molecule has 38 heavy (non-hydrogen) atoms. The van der Waals surface area contributed by atoms with Crippen LogP contribution in [0.4, 0.5) is 0 Å². The first-order valence-corrected chi connectivity index (χ1v) is 14.0. The lowest BCUT2D eigenvalue weighted by atomic mass is 9.69. The molecule has 7 nitrogen and oxygen atoms in total. The molecule has 0 aromatic heterocycles. The molecule has 0 saturated carbocycles. The van der Waals surface area contributed by atoms with Gasteiger partial charge in [0.1, 0.15) is 6.04 Å². The Bertz CT molecular complexity index is 823. The van der Waals surface area contributed by atoms with E-state index in [2.05, 4.69) is 11.9 Å². The maximum absolute atomic E-state index is 12.9. The molecule has 1 rings (SSSR count). The van der Waals surface area contributed by atoms with Crippen LogP contribution in [0.3, 0.4) is 0 Å². The number of carbonyl (C=O) groups excluding carboxylic acids is 2. The highest BCUT2D eigenvalue weighted by atomic mass is 16.5. The number of aliphatic hydroxyl groups is 3. The van der Waals surface area contributed by atoms with Crippen molar-refractivity contribution >= 4 is 11.9 Å². The summed E-state index contributed by atoms with van der Waals surface area (Å²) in [6.07, 6.45) is 8.15. The molecule has 1 amide bonds. The highest BCUT2D eigenvalue weighted by Crippen LogP contribution is 2.37. The van der Waals surface area contributed by atoms with Crippen molar-refractivity contribution in [3.63, 3.8) is 0 Å². The van der Waals surface area contributed by atoms with Gasteiger partial charge < -0.3 is 25.4 Å². The van der Waals surface area contributed by atoms with E-state index in [1.807, 2.05) is 36.4 Å². The molecule has 0 spiro atoms. The summed E-state index contributed by atoms with van der Waals surface area (Å²) in [4.78, 5) is 25.6. The van der Waals surface area contributed by atoms with Gasteiger partial charge in [-0.15, -0.1) is 6.58 Å². The molecule has 7 heteroatoms. The zero-order valence-electron chi connectivity index (χ0n) is 24.0. The number of amides is 1. The van der Waals surface area contributed by atoms with Crippen LogP contribution in [0.25, 0.3) is 0 Å². The van der Waals surface area contributed by atoms with Crippen LogP contribution in [-0.4, -0.2) is 58.7 Å². The van der Waals surface area contributed by atoms with E-state index in [0.29, 0.717) is 12.8 Å². The number of benzene rings is 1. The molecule has 0 bridgehead atoms. The summed E-state index contributed by atoms with van der Waals surface area (Å²) in [5.74, 6) is -0.726. The van der Waals surface area contributed by atoms with Crippen LogP contribution < -0.4 is 5.32 Å². The summed E-state index contributed by atoms with van der Waals surface area (Å²) < 4.78 is 5.47. The summed E-state index contributed by atoms with van der Waals surface area (Å²) in [7, 11) is 0. The number of unbranched alkanes of at least 4 members (excludes halogenated alkanes) is 6. The quantitative estimate of drug-likeness (QED) is 0.109. The Morgan fingerprint density at radius 1 is 1.00 bits per heavy atom. The van der Waals surface area contributed by atoms with Crippen molar-refractivity contribution in [2.24, 2.45) is 10.8 Å². The fraction of sp³-hybridized carbons (Fsp3) is 0.677. The van der Waals surface area contributed by atoms with Crippen molar-refractivity contribution in [2.75, 3.05) is 13.2 Å². The van der Waals surface area contributed by atoms with Crippen molar-refractivity contribution in [1.29, 1.82) is 0 Å². The van der Waals surface area contributed by atoms with Crippen LogP contribution in [-0.2, 0) is 20.7 Å². The third-order valence-corrected chi connectivity index (χ3v) is 7.31. The topological polar surface area (TPSA) is 116 Å². The summed E-state index contributed by atoms with van der Waals surface area (Å²) in [5.41, 5.74) is -0.815. The smallest absolute Gasteiger partial charge is 0.328 e. The molecule has 1 aromatic carbocycles. The average molecular weight is 534 g/mol. The van der Waals surface area contributed by atoms with Crippen molar-refractivity contribution in [3.05, 3.63) is 48.6 Å². The van der Waals surface area contributed by atoms with Crippen LogP contribution in [0.2, 0.25) is 0 Å². The fourth-order valence-corrected chi connectivity index (χ4v) is 4.61. The lowest BCUT2D eigenvalue weighted by molar-refractivity contribution is -0.151. The number of hydrogen-bond donors (Lipinski definition) is 4. The Kier molecular flexibility index (Phi) is 15.5. The van der Waals surface area contributed by atoms with Crippen LogP contribution in [0.1, 0.15) is 91.0 Å². The predicted molar refractivity (Wildman–Crippen MR) is 151 cm³/mol. The molecule has 0 aliphatic carbocycles. The van der Waals surface area contributed by atoms with Gasteiger partial charge in [-0.1, -0.05) is 89.8 Å². The van der Waals surface area contributed by atoms with E-state index in [9.17, 15) is 24.9 Å². The predicted octanol–water partition coefficient (Wildman–Crippen LogP) is 4.72. The van der Waals surface area contributed by atoms with Gasteiger partial charge in [-0.25, -0.2) is 4.79 Å². The molecule has 3 unspecified atom stereocenters. The van der Waals surface area contributed by atoms with E-state index in [1.54, 1.807) is 27.7 Å². The molecule has 0 aliphatic heterocycles. The van der Waals surface area contributed by atoms with E-state index in [1.165, 1.54) is 6.42 Å². The minimum absolute atomic E-state index is 0.0529. The number of carbonyl (C=O) groups is 2. The average Bonchev–Trinajstić information content (AvgIpc) is 2.89. The largest absolute Gasteiger partial charge is 0.464 e. The van der Waals surface area contributed by atoms with E-state index in [0.717, 1.165) is 44.1 Å². The lowest BCUT2D eigenvalue weighted by Crippen LogP contribution is -2.50. The molecule has 0 heterocycles. The Morgan fingerprint density at radius 3 is 2.21 bits per heavy atom. The zero-order chi connectivity index (χ0) is 28.6. The molecular weight excluding hydrogens is 482 g/mol. The number of esters is 1. The maximum Gasteiger partial charge on any atom is 0.328 e. The van der Waals surface area contributed by atoms with Gasteiger partial charge in [0.25, 0.3) is 0 Å². The first kappa shape index (κ1) is 33.8. The number of nitrogens with one attached hydrogen (secondary N) is 1. The second-order valence-electron chi connectivity index (χ2n) is 11.6. The van der Waals surface area contributed by atoms with E-state index in [-0.39, 0.29) is 25.5 Å². The highest BCUT2D eigenvalue weighted by molar-refractivity contribution is 5.84. The maximum atomic E-state index is 12.9. The van der Waals surface area contributed by atoms with Gasteiger partial charge in [-0.3, -0.25) is 4.79 Å². The number of allylic oxidation sites excluding steroid dienone is 1. The van der Waals surface area contributed by atoms with Gasteiger partial charge in [0.2, 0.25) is 5.91 Å². The SMILES string of the molecule is C=CCCCCCCCCC(=O)NC(Cc1ccccc1)C(=O)OCCC(O)C(C)(C)C(O)C(C)(C)CO. The van der Waals surface area contributed by atoms with Gasteiger partial charge in [-0.2, -0.15) is 0 Å². The normalized spacial score (nSPS) is 14.4. The van der Waals surface area contributed by atoms with Gasteiger partial charge in [0.05, 0.1) is 25.4 Å². The first-order valence-electron chi connectivity index (χ1n) is 14.0. The molecule has 216 valence electrons. The van der Waals surface area contributed by atoms with Gasteiger partial charge in [-0.05, 0) is 24.8 Å². The second-order valence-corrected chi connectivity index (χ2v) is 11.6. The van der Waals surface area contributed by atoms with Crippen molar-refractivity contribution in [3.8, 4) is 0 Å². The van der Waals surface area contributed by atoms with E-state index < -0.39 is 35.0 Å². The highest BCUT2D eigenvalue weighted by Gasteiger charge is 2.43. The third-order valence-electron chi connectivity index (χ3n) is 7.31. The molecule has 0 radical (unpaired) electrons. The van der Waals surface area contributed by atoms with E-state index in [4.69, 9.17) is 4.74 Å². The van der Waals surface area contributed by atoms with Gasteiger partial charge in [0.15, 0.2) is 0 Å². The monoisotopic (exact) mass is 533 g/mol. The number of aliphatic hydroxyl groups excluding tert-OH is 3. The standard InChI is InChI=1S/C31H51NO6/c1-6-7-8-9-10-11-12-16-19-27(35)32-25(22-24-17-14-13-15-18-24)28(36)38-21-20-26(34)31(4,5)29(37)30(2,3)23-33/h6,13-15,17-18,25-26,29,33-34,37H,1,7-12,16,19-23H2,2-5H3,(H,32,35). The van der Waals surface area contributed by atoms with Crippen molar-refractivity contribution < 1.29 is 29.6 Å². The van der Waals surface area contributed by atoms with E-state index >= 15 is 0 Å².